The van der Waals surface area contributed by atoms with Crippen molar-refractivity contribution < 1.29 is 28.2 Å². The molecule has 4 nitrogen and oxygen atoms in total. The maximum Gasteiger partial charge on any atom is 0.412 e. The standard InChI is InChI=1S/C13H12F3NO3/c14-13(15,16)8-4-6-17(7-5-8)12(20)9-2-1-3-10(18)11(9)19/h1-4,18-19H,5-7H2. The van der Waals surface area contributed by atoms with Crippen molar-refractivity contribution in [3.63, 3.8) is 0 Å². The van der Waals surface area contributed by atoms with E-state index < -0.39 is 29.2 Å². The van der Waals surface area contributed by atoms with Crippen LogP contribution in [0.3, 0.4) is 0 Å². The first-order valence-electron chi connectivity index (χ1n) is 5.87. The Kier molecular flexibility index (Phi) is 3.61. The second kappa shape index (κ2) is 5.07. The monoisotopic (exact) mass is 287 g/mol. The highest BCUT2D eigenvalue weighted by Gasteiger charge is 2.35. The summed E-state index contributed by atoms with van der Waals surface area (Å²) in [5, 5.41) is 18.9. The van der Waals surface area contributed by atoms with Gasteiger partial charge in [0.2, 0.25) is 0 Å². The van der Waals surface area contributed by atoms with Gasteiger partial charge in [-0.25, -0.2) is 0 Å². The maximum atomic E-state index is 12.5. The zero-order valence-corrected chi connectivity index (χ0v) is 10.3. The predicted octanol–water partition coefficient (Wildman–Crippen LogP) is 2.43. The number of alkyl halides is 3. The van der Waals surface area contributed by atoms with Crippen molar-refractivity contribution >= 4 is 5.91 Å². The van der Waals surface area contributed by atoms with Crippen molar-refractivity contribution in [2.45, 2.75) is 12.6 Å². The fourth-order valence-corrected chi connectivity index (χ4v) is 1.99. The number of benzene rings is 1. The average Bonchev–Trinajstić information content (AvgIpc) is 2.40. The van der Waals surface area contributed by atoms with Crippen molar-refractivity contribution in [1.29, 1.82) is 0 Å². The van der Waals surface area contributed by atoms with Crippen LogP contribution < -0.4 is 0 Å². The molecule has 0 spiro atoms. The van der Waals surface area contributed by atoms with E-state index in [0.717, 1.165) is 6.08 Å². The average molecular weight is 287 g/mol. The number of hydrogen-bond acceptors (Lipinski definition) is 3. The SMILES string of the molecule is O=C(c1cccc(O)c1O)N1CC=C(C(F)(F)F)CC1. The number of aromatic hydroxyl groups is 2. The molecule has 1 heterocycles. The normalized spacial score (nSPS) is 15.9. The van der Waals surface area contributed by atoms with E-state index in [1.807, 2.05) is 0 Å². The summed E-state index contributed by atoms with van der Waals surface area (Å²) in [6.45, 7) is -0.262. The summed E-state index contributed by atoms with van der Waals surface area (Å²) in [4.78, 5) is 13.3. The molecule has 0 aliphatic carbocycles. The highest BCUT2D eigenvalue weighted by atomic mass is 19.4. The molecule has 0 aromatic heterocycles. The van der Waals surface area contributed by atoms with Crippen molar-refractivity contribution in [2.24, 2.45) is 0 Å². The largest absolute Gasteiger partial charge is 0.504 e. The van der Waals surface area contributed by atoms with Crippen molar-refractivity contribution in [3.05, 3.63) is 35.4 Å². The van der Waals surface area contributed by atoms with Crippen LogP contribution in [0.15, 0.2) is 29.8 Å². The molecule has 0 saturated heterocycles. The zero-order valence-electron chi connectivity index (χ0n) is 10.3. The number of carbonyl (C=O) groups is 1. The Morgan fingerprint density at radius 2 is 1.95 bits per heavy atom. The van der Waals surface area contributed by atoms with E-state index in [-0.39, 0.29) is 25.1 Å². The van der Waals surface area contributed by atoms with Crippen LogP contribution in [-0.4, -0.2) is 40.3 Å². The third-order valence-corrected chi connectivity index (χ3v) is 3.11. The van der Waals surface area contributed by atoms with Crippen LogP contribution in [0.25, 0.3) is 0 Å². The minimum Gasteiger partial charge on any atom is -0.504 e. The number of carbonyl (C=O) groups excluding carboxylic acids is 1. The van der Waals surface area contributed by atoms with Gasteiger partial charge >= 0.3 is 6.18 Å². The summed E-state index contributed by atoms with van der Waals surface area (Å²) in [6.07, 6.45) is -3.70. The van der Waals surface area contributed by atoms with Crippen LogP contribution in [-0.2, 0) is 0 Å². The van der Waals surface area contributed by atoms with Gasteiger partial charge in [-0.3, -0.25) is 4.79 Å². The number of nitrogens with zero attached hydrogens (tertiary/aromatic N) is 1. The smallest absolute Gasteiger partial charge is 0.412 e. The molecule has 0 saturated carbocycles. The van der Waals surface area contributed by atoms with E-state index in [4.69, 9.17) is 0 Å². The van der Waals surface area contributed by atoms with E-state index >= 15 is 0 Å². The lowest BCUT2D eigenvalue weighted by atomic mass is 10.1. The number of amides is 1. The number of para-hydroxylation sites is 1. The molecule has 2 rings (SSSR count). The summed E-state index contributed by atoms with van der Waals surface area (Å²) in [6, 6.07) is 3.90. The van der Waals surface area contributed by atoms with Gasteiger partial charge in [0.1, 0.15) is 0 Å². The van der Waals surface area contributed by atoms with Crippen LogP contribution in [0.4, 0.5) is 13.2 Å². The molecule has 1 aromatic carbocycles. The highest BCUT2D eigenvalue weighted by molar-refractivity contribution is 5.97. The molecule has 1 aliphatic heterocycles. The van der Waals surface area contributed by atoms with Crippen LogP contribution in [0.1, 0.15) is 16.8 Å². The van der Waals surface area contributed by atoms with Gasteiger partial charge in [0, 0.05) is 18.7 Å². The van der Waals surface area contributed by atoms with E-state index in [9.17, 15) is 28.2 Å². The third-order valence-electron chi connectivity index (χ3n) is 3.11. The molecule has 0 atom stereocenters. The molecule has 1 amide bonds. The second-order valence-electron chi connectivity index (χ2n) is 4.40. The molecule has 20 heavy (non-hydrogen) atoms. The van der Waals surface area contributed by atoms with Crippen LogP contribution >= 0.6 is 0 Å². The van der Waals surface area contributed by atoms with Crippen LogP contribution in [0, 0.1) is 0 Å². The quantitative estimate of drug-likeness (QED) is 0.616. The first-order valence-corrected chi connectivity index (χ1v) is 5.87. The van der Waals surface area contributed by atoms with Gasteiger partial charge in [-0.15, -0.1) is 0 Å². The van der Waals surface area contributed by atoms with Gasteiger partial charge in [-0.05, 0) is 18.6 Å². The molecule has 1 aromatic rings. The second-order valence-corrected chi connectivity index (χ2v) is 4.40. The lowest BCUT2D eigenvalue weighted by molar-refractivity contribution is -0.0957. The lowest BCUT2D eigenvalue weighted by Crippen LogP contribution is -2.36. The van der Waals surface area contributed by atoms with Gasteiger partial charge < -0.3 is 15.1 Å². The van der Waals surface area contributed by atoms with E-state index in [1.165, 1.54) is 23.1 Å². The zero-order chi connectivity index (χ0) is 14.9. The van der Waals surface area contributed by atoms with Gasteiger partial charge in [0.15, 0.2) is 11.5 Å². The topological polar surface area (TPSA) is 60.8 Å². The van der Waals surface area contributed by atoms with Crippen molar-refractivity contribution in [2.75, 3.05) is 13.1 Å². The van der Waals surface area contributed by atoms with Crippen molar-refractivity contribution in [3.8, 4) is 11.5 Å². The molecule has 0 fully saturated rings. The minimum absolute atomic E-state index is 0.0841. The van der Waals surface area contributed by atoms with Gasteiger partial charge in [0.05, 0.1) is 5.56 Å². The Morgan fingerprint density at radius 1 is 1.25 bits per heavy atom. The molecule has 1 aliphatic rings. The highest BCUT2D eigenvalue weighted by Crippen LogP contribution is 2.32. The third kappa shape index (κ3) is 2.71. The number of hydrogen-bond donors (Lipinski definition) is 2. The summed E-state index contributed by atoms with van der Waals surface area (Å²) in [7, 11) is 0. The molecule has 2 N–H and O–H groups in total. The Morgan fingerprint density at radius 3 is 2.50 bits per heavy atom. The van der Waals surface area contributed by atoms with Gasteiger partial charge in [0.25, 0.3) is 5.91 Å². The minimum atomic E-state index is -4.37. The van der Waals surface area contributed by atoms with E-state index in [2.05, 4.69) is 0 Å². The number of halogens is 3. The Bertz CT molecular complexity index is 566. The van der Waals surface area contributed by atoms with E-state index in [0.29, 0.717) is 0 Å². The molecule has 0 radical (unpaired) electrons. The van der Waals surface area contributed by atoms with Gasteiger partial charge in [-0.1, -0.05) is 12.1 Å². The van der Waals surface area contributed by atoms with Gasteiger partial charge in [-0.2, -0.15) is 13.2 Å². The van der Waals surface area contributed by atoms with Crippen LogP contribution in [0.2, 0.25) is 0 Å². The van der Waals surface area contributed by atoms with Crippen LogP contribution in [0.5, 0.6) is 11.5 Å². The Labute approximate surface area is 112 Å². The fraction of sp³-hybridized carbons (Fsp3) is 0.308. The van der Waals surface area contributed by atoms with Crippen molar-refractivity contribution in [1.82, 2.24) is 4.90 Å². The Balaban J connectivity index is 2.17. The molecular formula is C13H12F3NO3. The number of phenolic OH excluding ortho intramolecular Hbond substituents is 2. The number of phenols is 2. The maximum absolute atomic E-state index is 12.5. The molecule has 0 unspecified atom stereocenters. The first kappa shape index (κ1) is 14.2. The lowest BCUT2D eigenvalue weighted by Gasteiger charge is -2.27. The first-order chi connectivity index (χ1) is 9.30. The molecule has 7 heteroatoms. The summed E-state index contributed by atoms with van der Waals surface area (Å²) < 4.78 is 37.4. The molecular weight excluding hydrogens is 275 g/mol. The summed E-state index contributed by atoms with van der Waals surface area (Å²) >= 11 is 0. The fourth-order valence-electron chi connectivity index (χ4n) is 1.99. The predicted molar refractivity (Wildman–Crippen MR) is 64.4 cm³/mol. The summed E-state index contributed by atoms with van der Waals surface area (Å²) in [5.41, 5.74) is -0.782. The molecule has 108 valence electrons. The summed E-state index contributed by atoms with van der Waals surface area (Å²) in [5.74, 6) is -1.63. The molecule has 0 bridgehead atoms. The van der Waals surface area contributed by atoms with E-state index in [1.54, 1.807) is 0 Å². The number of rotatable bonds is 1. The Hall–Kier alpha value is -2.18.